The van der Waals surface area contributed by atoms with E-state index >= 15 is 0 Å². The first-order valence-corrected chi connectivity index (χ1v) is 7.68. The molecule has 0 bridgehead atoms. The van der Waals surface area contributed by atoms with E-state index in [1.807, 2.05) is 5.01 Å². The van der Waals surface area contributed by atoms with Crippen LogP contribution in [-0.4, -0.2) is 53.0 Å². The maximum atomic E-state index is 11.9. The van der Waals surface area contributed by atoms with Crippen LogP contribution in [0.3, 0.4) is 0 Å². The predicted octanol–water partition coefficient (Wildman–Crippen LogP) is 1.10. The number of nitrogens with zero attached hydrogens (tertiary/aromatic N) is 1. The van der Waals surface area contributed by atoms with Gasteiger partial charge in [-0.1, -0.05) is 6.42 Å². The van der Waals surface area contributed by atoms with Gasteiger partial charge in [0.15, 0.2) is 6.10 Å². The standard InChI is InChI=1S/C14H25N3O4/c1-9-4-3-5-10(2)17(9)16-14(20)15-8-11-6-7-12(21-11)13(18)19/h9-12H,3-8H2,1-2H3,(H,18,19)(H2,15,16,20). The molecule has 0 radical (unpaired) electrons. The van der Waals surface area contributed by atoms with Crippen LogP contribution in [0.25, 0.3) is 0 Å². The van der Waals surface area contributed by atoms with Gasteiger partial charge in [-0.05, 0) is 39.5 Å². The highest BCUT2D eigenvalue weighted by atomic mass is 16.5. The molecule has 7 heteroatoms. The number of aliphatic carboxylic acids is 1. The van der Waals surface area contributed by atoms with E-state index in [1.165, 1.54) is 6.42 Å². The van der Waals surface area contributed by atoms with Crippen molar-refractivity contribution in [2.75, 3.05) is 6.54 Å². The van der Waals surface area contributed by atoms with Gasteiger partial charge in [0.05, 0.1) is 6.10 Å². The molecular formula is C14H25N3O4. The van der Waals surface area contributed by atoms with Crippen LogP contribution in [0.5, 0.6) is 0 Å². The summed E-state index contributed by atoms with van der Waals surface area (Å²) >= 11 is 0. The van der Waals surface area contributed by atoms with E-state index in [-0.39, 0.29) is 12.1 Å². The van der Waals surface area contributed by atoms with Crippen molar-refractivity contribution in [3.63, 3.8) is 0 Å². The number of nitrogens with one attached hydrogen (secondary N) is 2. The Morgan fingerprint density at radius 3 is 2.43 bits per heavy atom. The molecule has 2 heterocycles. The van der Waals surface area contributed by atoms with Gasteiger partial charge < -0.3 is 15.2 Å². The molecule has 2 rings (SSSR count). The minimum atomic E-state index is -0.932. The molecule has 3 N–H and O–H groups in total. The van der Waals surface area contributed by atoms with Crippen LogP contribution in [0, 0.1) is 0 Å². The third-order valence-corrected chi connectivity index (χ3v) is 4.30. The third-order valence-electron chi connectivity index (χ3n) is 4.30. The number of carboxylic acid groups (broad SMARTS) is 1. The number of ether oxygens (including phenoxy) is 1. The van der Waals surface area contributed by atoms with Crippen LogP contribution in [-0.2, 0) is 9.53 Å². The average molecular weight is 299 g/mol. The predicted molar refractivity (Wildman–Crippen MR) is 76.7 cm³/mol. The lowest BCUT2D eigenvalue weighted by molar-refractivity contribution is -0.149. The maximum absolute atomic E-state index is 11.9. The summed E-state index contributed by atoms with van der Waals surface area (Å²) in [4.78, 5) is 22.7. The van der Waals surface area contributed by atoms with Gasteiger partial charge in [-0.25, -0.2) is 14.6 Å². The van der Waals surface area contributed by atoms with Gasteiger partial charge in [0.25, 0.3) is 0 Å². The minimum Gasteiger partial charge on any atom is -0.479 e. The number of rotatable bonds is 4. The lowest BCUT2D eigenvalue weighted by Gasteiger charge is -2.38. The molecule has 2 amide bonds. The second-order valence-electron chi connectivity index (χ2n) is 6.02. The van der Waals surface area contributed by atoms with Crippen molar-refractivity contribution in [2.45, 2.75) is 70.2 Å². The Bertz CT molecular complexity index is 380. The molecule has 120 valence electrons. The summed E-state index contributed by atoms with van der Waals surface area (Å²) in [5.74, 6) is -0.932. The Morgan fingerprint density at radius 2 is 1.86 bits per heavy atom. The lowest BCUT2D eigenvalue weighted by Crippen LogP contribution is -2.57. The number of carbonyl (C=O) groups excluding carboxylic acids is 1. The highest BCUT2D eigenvalue weighted by molar-refractivity contribution is 5.73. The number of hydrazine groups is 1. The first-order valence-electron chi connectivity index (χ1n) is 7.68. The van der Waals surface area contributed by atoms with Gasteiger partial charge in [0, 0.05) is 18.6 Å². The number of carboxylic acids is 1. The zero-order chi connectivity index (χ0) is 15.4. The molecule has 7 nitrogen and oxygen atoms in total. The molecule has 0 saturated carbocycles. The molecule has 2 saturated heterocycles. The van der Waals surface area contributed by atoms with Crippen molar-refractivity contribution < 1.29 is 19.4 Å². The van der Waals surface area contributed by atoms with E-state index in [4.69, 9.17) is 9.84 Å². The highest BCUT2D eigenvalue weighted by Gasteiger charge is 2.31. The molecule has 0 aliphatic carbocycles. The number of piperidine rings is 1. The van der Waals surface area contributed by atoms with E-state index in [1.54, 1.807) is 0 Å². The summed E-state index contributed by atoms with van der Waals surface area (Å²) in [6.45, 7) is 4.55. The SMILES string of the molecule is CC1CCCC(C)N1NC(=O)NCC1CCC(C(=O)O)O1. The van der Waals surface area contributed by atoms with Crippen LogP contribution >= 0.6 is 0 Å². The fourth-order valence-corrected chi connectivity index (χ4v) is 3.04. The number of hydrogen-bond acceptors (Lipinski definition) is 4. The fourth-order valence-electron chi connectivity index (χ4n) is 3.04. The molecule has 0 aromatic rings. The van der Waals surface area contributed by atoms with Crippen LogP contribution in [0.1, 0.15) is 46.0 Å². The van der Waals surface area contributed by atoms with E-state index < -0.39 is 12.1 Å². The lowest BCUT2D eigenvalue weighted by atomic mass is 10.00. The molecule has 2 aliphatic rings. The van der Waals surface area contributed by atoms with Crippen molar-refractivity contribution in [1.29, 1.82) is 0 Å². The van der Waals surface area contributed by atoms with Crippen molar-refractivity contribution >= 4 is 12.0 Å². The number of carbonyl (C=O) groups is 2. The van der Waals surface area contributed by atoms with Gasteiger partial charge in [-0.2, -0.15) is 0 Å². The Labute approximate surface area is 125 Å². The highest BCUT2D eigenvalue weighted by Crippen LogP contribution is 2.20. The molecule has 2 fully saturated rings. The molecule has 0 aromatic heterocycles. The maximum Gasteiger partial charge on any atom is 0.332 e. The Balaban J connectivity index is 1.71. The van der Waals surface area contributed by atoms with Crippen LogP contribution < -0.4 is 10.7 Å². The van der Waals surface area contributed by atoms with Gasteiger partial charge in [0.1, 0.15) is 0 Å². The minimum absolute atomic E-state index is 0.215. The summed E-state index contributed by atoms with van der Waals surface area (Å²) in [7, 11) is 0. The number of hydrogen-bond donors (Lipinski definition) is 3. The van der Waals surface area contributed by atoms with E-state index in [9.17, 15) is 9.59 Å². The second kappa shape index (κ2) is 7.09. The third kappa shape index (κ3) is 4.31. The summed E-state index contributed by atoms with van der Waals surface area (Å²) in [5, 5.41) is 13.6. The zero-order valence-electron chi connectivity index (χ0n) is 12.7. The quantitative estimate of drug-likeness (QED) is 0.723. The Kier molecular flexibility index (Phi) is 5.41. The fraction of sp³-hybridized carbons (Fsp3) is 0.857. The smallest absolute Gasteiger partial charge is 0.332 e. The van der Waals surface area contributed by atoms with Gasteiger partial charge >= 0.3 is 12.0 Å². The van der Waals surface area contributed by atoms with Crippen molar-refractivity contribution in [2.24, 2.45) is 0 Å². The van der Waals surface area contributed by atoms with E-state index in [2.05, 4.69) is 24.6 Å². The summed E-state index contributed by atoms with van der Waals surface area (Å²) in [6.07, 6.45) is 3.56. The monoisotopic (exact) mass is 299 g/mol. The van der Waals surface area contributed by atoms with Gasteiger partial charge in [0.2, 0.25) is 0 Å². The average Bonchev–Trinajstić information content (AvgIpc) is 2.90. The normalized spacial score (nSPS) is 33.6. The van der Waals surface area contributed by atoms with Crippen LogP contribution in [0.2, 0.25) is 0 Å². The summed E-state index contributed by atoms with van der Waals surface area (Å²) in [6, 6.07) is 0.412. The van der Waals surface area contributed by atoms with Crippen LogP contribution in [0.4, 0.5) is 4.79 Å². The molecule has 4 atom stereocenters. The first kappa shape index (κ1) is 16.0. The molecule has 2 aliphatic heterocycles. The second-order valence-corrected chi connectivity index (χ2v) is 6.02. The van der Waals surface area contributed by atoms with Crippen molar-refractivity contribution in [3.05, 3.63) is 0 Å². The topological polar surface area (TPSA) is 90.9 Å². The largest absolute Gasteiger partial charge is 0.479 e. The van der Waals surface area contributed by atoms with Crippen molar-refractivity contribution in [3.8, 4) is 0 Å². The molecule has 0 spiro atoms. The van der Waals surface area contributed by atoms with Gasteiger partial charge in [-0.3, -0.25) is 5.43 Å². The van der Waals surface area contributed by atoms with E-state index in [0.29, 0.717) is 31.5 Å². The van der Waals surface area contributed by atoms with Crippen LogP contribution in [0.15, 0.2) is 0 Å². The van der Waals surface area contributed by atoms with E-state index in [0.717, 1.165) is 12.8 Å². The summed E-state index contributed by atoms with van der Waals surface area (Å²) < 4.78 is 5.35. The van der Waals surface area contributed by atoms with Crippen molar-refractivity contribution in [1.82, 2.24) is 15.8 Å². The zero-order valence-corrected chi connectivity index (χ0v) is 12.7. The molecule has 4 unspecified atom stereocenters. The molecule has 21 heavy (non-hydrogen) atoms. The summed E-state index contributed by atoms with van der Waals surface area (Å²) in [5.41, 5.74) is 2.89. The van der Waals surface area contributed by atoms with Gasteiger partial charge in [-0.15, -0.1) is 0 Å². The Hall–Kier alpha value is -1.34. The molecular weight excluding hydrogens is 274 g/mol. The Morgan fingerprint density at radius 1 is 1.19 bits per heavy atom. The number of urea groups is 1. The molecule has 0 aromatic carbocycles. The first-order chi connectivity index (χ1) is 9.97. The number of amides is 2.